The van der Waals surface area contributed by atoms with Crippen LogP contribution < -0.4 is 16.0 Å². The van der Waals surface area contributed by atoms with E-state index in [4.69, 9.17) is 23.2 Å². The van der Waals surface area contributed by atoms with Crippen molar-refractivity contribution in [2.24, 2.45) is 0 Å². The standard InChI is InChI=1S/C19H17Cl2N3O/c20-11-3-1-2-10(8-11)16-17-14(6-7-22-17)24-19(16)13-5-4-12(21)9-15(13)23-18(19)25/h1-5,8-9,14,16-17,22,24H,6-7H2,(H,23,25)/t14-,16-,17+,19+/m0/s1. The number of halogens is 2. The van der Waals surface area contributed by atoms with Gasteiger partial charge >= 0.3 is 0 Å². The fourth-order valence-corrected chi connectivity index (χ4v) is 5.18. The molecule has 3 aliphatic heterocycles. The fraction of sp³-hybridized carbons (Fsp3) is 0.316. The van der Waals surface area contributed by atoms with Crippen LogP contribution in [0.1, 0.15) is 23.5 Å². The molecule has 0 saturated carbocycles. The summed E-state index contributed by atoms with van der Waals surface area (Å²) in [6.07, 6.45) is 1.000. The molecular weight excluding hydrogens is 357 g/mol. The number of hydrogen-bond donors (Lipinski definition) is 3. The number of anilines is 1. The summed E-state index contributed by atoms with van der Waals surface area (Å²) in [5.41, 5.74) is 2.02. The summed E-state index contributed by atoms with van der Waals surface area (Å²) in [5.74, 6) is -0.0629. The summed E-state index contributed by atoms with van der Waals surface area (Å²) >= 11 is 12.4. The summed E-state index contributed by atoms with van der Waals surface area (Å²) in [6, 6.07) is 13.9. The Morgan fingerprint density at radius 1 is 1.08 bits per heavy atom. The Morgan fingerprint density at radius 3 is 2.76 bits per heavy atom. The Kier molecular flexibility index (Phi) is 3.41. The number of nitrogens with one attached hydrogen (secondary N) is 3. The van der Waals surface area contributed by atoms with Gasteiger partial charge < -0.3 is 10.6 Å². The van der Waals surface area contributed by atoms with E-state index in [0.29, 0.717) is 10.0 Å². The van der Waals surface area contributed by atoms with Gasteiger partial charge in [0.25, 0.3) is 0 Å². The molecule has 0 bridgehead atoms. The van der Waals surface area contributed by atoms with Crippen molar-refractivity contribution in [1.82, 2.24) is 10.6 Å². The number of carbonyl (C=O) groups is 1. The van der Waals surface area contributed by atoms with Crippen molar-refractivity contribution in [3.63, 3.8) is 0 Å². The molecule has 0 radical (unpaired) electrons. The highest BCUT2D eigenvalue weighted by Gasteiger charge is 2.62. The van der Waals surface area contributed by atoms with Crippen molar-refractivity contribution in [1.29, 1.82) is 0 Å². The van der Waals surface area contributed by atoms with Gasteiger partial charge in [-0.25, -0.2) is 0 Å². The van der Waals surface area contributed by atoms with Gasteiger partial charge in [-0.3, -0.25) is 10.1 Å². The number of carbonyl (C=O) groups excluding carboxylic acids is 1. The molecule has 4 atom stereocenters. The molecule has 3 aliphatic rings. The van der Waals surface area contributed by atoms with Gasteiger partial charge in [0, 0.05) is 39.3 Å². The first-order valence-corrected chi connectivity index (χ1v) is 9.23. The van der Waals surface area contributed by atoms with Crippen LogP contribution in [0.3, 0.4) is 0 Å². The highest BCUT2D eigenvalue weighted by atomic mass is 35.5. The van der Waals surface area contributed by atoms with E-state index in [1.807, 2.05) is 36.4 Å². The van der Waals surface area contributed by atoms with Crippen LogP contribution in [-0.2, 0) is 10.3 Å². The third kappa shape index (κ3) is 2.12. The van der Waals surface area contributed by atoms with Gasteiger partial charge in [0.1, 0.15) is 5.54 Å². The monoisotopic (exact) mass is 373 g/mol. The zero-order chi connectivity index (χ0) is 17.2. The highest BCUT2D eigenvalue weighted by molar-refractivity contribution is 6.31. The molecule has 3 N–H and O–H groups in total. The second-order valence-electron chi connectivity index (χ2n) is 7.00. The van der Waals surface area contributed by atoms with E-state index in [0.717, 1.165) is 29.8 Å². The Bertz CT molecular complexity index is 887. The smallest absolute Gasteiger partial charge is 0.250 e. The molecule has 3 heterocycles. The number of amides is 1. The minimum absolute atomic E-state index is 0.0223. The average Bonchev–Trinajstić information content (AvgIpc) is 3.20. The van der Waals surface area contributed by atoms with E-state index in [2.05, 4.69) is 22.0 Å². The molecule has 25 heavy (non-hydrogen) atoms. The van der Waals surface area contributed by atoms with Crippen LogP contribution in [0.25, 0.3) is 0 Å². The lowest BCUT2D eigenvalue weighted by atomic mass is 9.74. The average molecular weight is 374 g/mol. The van der Waals surface area contributed by atoms with Crippen molar-refractivity contribution in [3.05, 3.63) is 63.6 Å². The summed E-state index contributed by atoms with van der Waals surface area (Å²) in [4.78, 5) is 13.2. The van der Waals surface area contributed by atoms with Crippen LogP contribution in [-0.4, -0.2) is 24.5 Å². The van der Waals surface area contributed by atoms with Gasteiger partial charge in [-0.1, -0.05) is 41.4 Å². The van der Waals surface area contributed by atoms with Crippen molar-refractivity contribution >= 4 is 34.8 Å². The Morgan fingerprint density at radius 2 is 1.92 bits per heavy atom. The van der Waals surface area contributed by atoms with Crippen LogP contribution in [0.4, 0.5) is 5.69 Å². The summed E-state index contributed by atoms with van der Waals surface area (Å²) in [7, 11) is 0. The quantitative estimate of drug-likeness (QED) is 0.718. The van der Waals surface area contributed by atoms with Gasteiger partial charge in [-0.2, -0.15) is 0 Å². The first-order chi connectivity index (χ1) is 12.1. The maximum Gasteiger partial charge on any atom is 0.250 e. The van der Waals surface area contributed by atoms with Crippen molar-refractivity contribution < 1.29 is 4.79 Å². The lowest BCUT2D eigenvalue weighted by molar-refractivity contribution is -0.122. The lowest BCUT2D eigenvalue weighted by Gasteiger charge is -2.32. The minimum Gasteiger partial charge on any atom is -0.324 e. The number of hydrogen-bond acceptors (Lipinski definition) is 3. The van der Waals surface area contributed by atoms with E-state index >= 15 is 0 Å². The van der Waals surface area contributed by atoms with Gasteiger partial charge in [-0.15, -0.1) is 0 Å². The summed E-state index contributed by atoms with van der Waals surface area (Å²) in [6.45, 7) is 0.949. The Hall–Kier alpha value is -1.59. The molecular formula is C19H17Cl2N3O. The Balaban J connectivity index is 1.73. The second-order valence-corrected chi connectivity index (χ2v) is 7.88. The number of fused-ring (bicyclic) bond motifs is 3. The van der Waals surface area contributed by atoms with E-state index in [9.17, 15) is 4.79 Å². The third-order valence-corrected chi connectivity index (χ3v) is 6.20. The van der Waals surface area contributed by atoms with Gasteiger partial charge in [0.2, 0.25) is 5.91 Å². The molecule has 2 fully saturated rings. The summed E-state index contributed by atoms with van der Waals surface area (Å²) in [5, 5.41) is 11.6. The maximum absolute atomic E-state index is 13.2. The number of benzene rings is 2. The topological polar surface area (TPSA) is 53.2 Å². The minimum atomic E-state index is -0.798. The van der Waals surface area contributed by atoms with Crippen LogP contribution in [0.2, 0.25) is 10.0 Å². The number of rotatable bonds is 1. The predicted molar refractivity (Wildman–Crippen MR) is 99.3 cm³/mol. The molecule has 0 aliphatic carbocycles. The van der Waals surface area contributed by atoms with Gasteiger partial charge in [-0.05, 0) is 42.8 Å². The van der Waals surface area contributed by atoms with Gasteiger partial charge in [0.15, 0.2) is 0 Å². The molecule has 1 amide bonds. The maximum atomic E-state index is 13.2. The molecule has 0 aromatic heterocycles. The zero-order valence-corrected chi connectivity index (χ0v) is 14.9. The van der Waals surface area contributed by atoms with Crippen LogP contribution in [0.5, 0.6) is 0 Å². The Labute approximate surface area is 155 Å². The van der Waals surface area contributed by atoms with Crippen molar-refractivity contribution in [2.75, 3.05) is 11.9 Å². The normalized spacial score (nSPS) is 32.7. The van der Waals surface area contributed by atoms with Crippen LogP contribution >= 0.6 is 23.2 Å². The van der Waals surface area contributed by atoms with E-state index in [1.54, 1.807) is 0 Å². The molecule has 5 rings (SSSR count). The van der Waals surface area contributed by atoms with E-state index in [1.165, 1.54) is 0 Å². The molecule has 0 unspecified atom stereocenters. The molecule has 128 valence electrons. The first-order valence-electron chi connectivity index (χ1n) is 8.47. The van der Waals surface area contributed by atoms with Crippen LogP contribution in [0, 0.1) is 0 Å². The van der Waals surface area contributed by atoms with E-state index < -0.39 is 5.54 Å². The zero-order valence-electron chi connectivity index (χ0n) is 13.4. The lowest BCUT2D eigenvalue weighted by Crippen LogP contribution is -2.49. The molecule has 6 heteroatoms. The first kappa shape index (κ1) is 15.6. The highest BCUT2D eigenvalue weighted by Crippen LogP contribution is 2.53. The largest absolute Gasteiger partial charge is 0.324 e. The van der Waals surface area contributed by atoms with Crippen molar-refractivity contribution in [2.45, 2.75) is 30.0 Å². The third-order valence-electron chi connectivity index (χ3n) is 5.73. The molecule has 2 aromatic rings. The second kappa shape index (κ2) is 5.45. The molecule has 4 nitrogen and oxygen atoms in total. The van der Waals surface area contributed by atoms with Crippen LogP contribution in [0.15, 0.2) is 42.5 Å². The SMILES string of the molecule is O=C1Nc2cc(Cl)ccc2[C@]12N[C@H]1CCN[C@H]1[C@@H]2c1cccc(Cl)c1. The molecule has 2 saturated heterocycles. The fourth-order valence-electron chi connectivity index (χ4n) is 4.81. The molecule has 2 aromatic carbocycles. The summed E-state index contributed by atoms with van der Waals surface area (Å²) < 4.78 is 0. The van der Waals surface area contributed by atoms with E-state index in [-0.39, 0.29) is 23.9 Å². The predicted octanol–water partition coefficient (Wildman–Crippen LogP) is 3.26. The molecule has 1 spiro atoms. The van der Waals surface area contributed by atoms with Crippen molar-refractivity contribution in [3.8, 4) is 0 Å². The van der Waals surface area contributed by atoms with Gasteiger partial charge in [0.05, 0.1) is 0 Å².